The van der Waals surface area contributed by atoms with Crippen LogP contribution in [0.1, 0.15) is 23.2 Å². The van der Waals surface area contributed by atoms with E-state index in [0.717, 1.165) is 18.5 Å². The molecule has 0 atom stereocenters. The quantitative estimate of drug-likeness (QED) is 0.409. The van der Waals surface area contributed by atoms with Crippen molar-refractivity contribution in [1.29, 1.82) is 0 Å². The minimum Gasteiger partial charge on any atom is -0.465 e. The molecule has 1 aromatic carbocycles. The van der Waals surface area contributed by atoms with Crippen LogP contribution < -0.4 is 16.4 Å². The first-order chi connectivity index (χ1) is 9.61. The molecule has 0 radical (unpaired) electrons. The van der Waals surface area contributed by atoms with Crippen molar-refractivity contribution < 1.29 is 14.3 Å². The monoisotopic (exact) mass is 277 g/mol. The van der Waals surface area contributed by atoms with E-state index < -0.39 is 5.97 Å². The Morgan fingerprint density at radius 3 is 2.75 bits per heavy atom. The third-order valence-electron chi connectivity index (χ3n) is 3.16. The van der Waals surface area contributed by atoms with Gasteiger partial charge in [0.15, 0.2) is 0 Å². The number of nitrogens with two attached hydrogens (primary N) is 1. The van der Waals surface area contributed by atoms with Crippen molar-refractivity contribution in [2.24, 2.45) is 5.92 Å². The molecular formula is C14H19N3O3. The van der Waals surface area contributed by atoms with Crippen molar-refractivity contribution in [1.82, 2.24) is 5.32 Å². The summed E-state index contributed by atoms with van der Waals surface area (Å²) in [6.07, 6.45) is 2.00. The predicted molar refractivity (Wildman–Crippen MR) is 76.4 cm³/mol. The molecule has 0 heterocycles. The van der Waals surface area contributed by atoms with Gasteiger partial charge in [-0.25, -0.2) is 4.79 Å². The molecule has 108 valence electrons. The first-order valence-electron chi connectivity index (χ1n) is 6.61. The van der Waals surface area contributed by atoms with Crippen LogP contribution in [0.2, 0.25) is 0 Å². The maximum absolute atomic E-state index is 11.5. The van der Waals surface area contributed by atoms with Gasteiger partial charge in [-0.1, -0.05) is 0 Å². The Morgan fingerprint density at radius 1 is 1.35 bits per heavy atom. The van der Waals surface area contributed by atoms with E-state index in [1.165, 1.54) is 7.11 Å². The standard InChI is InChI=1S/C14H19N3O3/c1-20-14(19)11-8-10(4-5-12(11)15)16-6-7-17-13(18)9-2-3-9/h4-5,8-9,16H,2-3,6-7,15H2,1H3,(H,17,18). The first kappa shape index (κ1) is 14.2. The zero-order valence-corrected chi connectivity index (χ0v) is 11.4. The highest BCUT2D eigenvalue weighted by Crippen LogP contribution is 2.28. The van der Waals surface area contributed by atoms with E-state index in [1.807, 2.05) is 0 Å². The molecule has 0 aromatic heterocycles. The SMILES string of the molecule is COC(=O)c1cc(NCCNC(=O)C2CC2)ccc1N. The Hall–Kier alpha value is -2.24. The molecule has 1 amide bonds. The van der Waals surface area contributed by atoms with E-state index in [-0.39, 0.29) is 11.8 Å². The van der Waals surface area contributed by atoms with Gasteiger partial charge in [-0.3, -0.25) is 4.79 Å². The van der Waals surface area contributed by atoms with Gasteiger partial charge in [-0.05, 0) is 31.0 Å². The average molecular weight is 277 g/mol. The fourth-order valence-electron chi connectivity index (χ4n) is 1.84. The number of hydrogen-bond donors (Lipinski definition) is 3. The van der Waals surface area contributed by atoms with E-state index in [2.05, 4.69) is 15.4 Å². The molecular weight excluding hydrogens is 258 g/mol. The van der Waals surface area contributed by atoms with Gasteiger partial charge in [0.05, 0.1) is 12.7 Å². The van der Waals surface area contributed by atoms with Crippen molar-refractivity contribution in [3.05, 3.63) is 23.8 Å². The minimum atomic E-state index is -0.465. The summed E-state index contributed by atoms with van der Waals surface area (Å²) in [5, 5.41) is 5.98. The number of methoxy groups -OCH3 is 1. The molecule has 6 nitrogen and oxygen atoms in total. The smallest absolute Gasteiger partial charge is 0.340 e. The predicted octanol–water partition coefficient (Wildman–Crippen LogP) is 0.993. The van der Waals surface area contributed by atoms with Gasteiger partial charge in [-0.15, -0.1) is 0 Å². The van der Waals surface area contributed by atoms with Crippen LogP contribution in [0.3, 0.4) is 0 Å². The molecule has 1 aromatic rings. The number of carbonyl (C=O) groups excluding carboxylic acids is 2. The zero-order chi connectivity index (χ0) is 14.5. The maximum Gasteiger partial charge on any atom is 0.340 e. The number of amides is 1. The van der Waals surface area contributed by atoms with Crippen LogP contribution in [0.5, 0.6) is 0 Å². The highest BCUT2D eigenvalue weighted by molar-refractivity contribution is 5.96. The van der Waals surface area contributed by atoms with Crippen LogP contribution in [-0.4, -0.2) is 32.1 Å². The van der Waals surface area contributed by atoms with Crippen LogP contribution >= 0.6 is 0 Å². The summed E-state index contributed by atoms with van der Waals surface area (Å²) in [6, 6.07) is 5.08. The van der Waals surface area contributed by atoms with E-state index in [1.54, 1.807) is 18.2 Å². The number of carbonyl (C=O) groups is 2. The largest absolute Gasteiger partial charge is 0.465 e. The lowest BCUT2D eigenvalue weighted by molar-refractivity contribution is -0.122. The molecule has 0 spiro atoms. The van der Waals surface area contributed by atoms with Crippen molar-refractivity contribution >= 4 is 23.3 Å². The fourth-order valence-corrected chi connectivity index (χ4v) is 1.84. The molecule has 0 aliphatic heterocycles. The Morgan fingerprint density at radius 2 is 2.10 bits per heavy atom. The Labute approximate surface area is 117 Å². The van der Waals surface area contributed by atoms with E-state index >= 15 is 0 Å². The van der Waals surface area contributed by atoms with Gasteiger partial charge >= 0.3 is 5.97 Å². The summed E-state index contributed by atoms with van der Waals surface area (Å²) in [7, 11) is 1.31. The van der Waals surface area contributed by atoms with Gasteiger partial charge in [0.2, 0.25) is 5.91 Å². The van der Waals surface area contributed by atoms with E-state index in [9.17, 15) is 9.59 Å². The maximum atomic E-state index is 11.5. The second-order valence-corrected chi connectivity index (χ2v) is 4.79. The van der Waals surface area contributed by atoms with Gasteiger partial charge in [-0.2, -0.15) is 0 Å². The molecule has 6 heteroatoms. The fraction of sp³-hybridized carbons (Fsp3) is 0.429. The summed E-state index contributed by atoms with van der Waals surface area (Å²) in [5.74, 6) is -0.120. The third-order valence-corrected chi connectivity index (χ3v) is 3.16. The van der Waals surface area contributed by atoms with Crippen molar-refractivity contribution in [3.8, 4) is 0 Å². The molecule has 1 fully saturated rings. The number of anilines is 2. The van der Waals surface area contributed by atoms with E-state index in [4.69, 9.17) is 5.73 Å². The summed E-state index contributed by atoms with van der Waals surface area (Å²) in [5.41, 5.74) is 7.19. The van der Waals surface area contributed by atoms with Crippen LogP contribution in [0.25, 0.3) is 0 Å². The molecule has 20 heavy (non-hydrogen) atoms. The highest BCUT2D eigenvalue weighted by Gasteiger charge is 2.28. The summed E-state index contributed by atoms with van der Waals surface area (Å²) >= 11 is 0. The number of nitrogens with one attached hydrogen (secondary N) is 2. The molecule has 1 aliphatic carbocycles. The molecule has 4 N–H and O–H groups in total. The first-order valence-corrected chi connectivity index (χ1v) is 6.61. The topological polar surface area (TPSA) is 93.5 Å². The molecule has 0 saturated heterocycles. The Bertz CT molecular complexity index is 512. The highest BCUT2D eigenvalue weighted by atomic mass is 16.5. The normalized spacial score (nSPS) is 13.7. The minimum absolute atomic E-state index is 0.124. The van der Waals surface area contributed by atoms with Crippen LogP contribution in [0, 0.1) is 5.92 Å². The van der Waals surface area contributed by atoms with Crippen LogP contribution in [0.4, 0.5) is 11.4 Å². The Balaban J connectivity index is 1.83. The number of esters is 1. The molecule has 0 unspecified atom stereocenters. The second-order valence-electron chi connectivity index (χ2n) is 4.79. The summed E-state index contributed by atoms with van der Waals surface area (Å²) < 4.78 is 4.66. The van der Waals surface area contributed by atoms with Crippen molar-refractivity contribution in [3.63, 3.8) is 0 Å². The van der Waals surface area contributed by atoms with Gasteiger partial charge < -0.3 is 21.1 Å². The van der Waals surface area contributed by atoms with Crippen molar-refractivity contribution in [2.75, 3.05) is 31.2 Å². The third kappa shape index (κ3) is 3.63. The lowest BCUT2D eigenvalue weighted by Crippen LogP contribution is -2.29. The molecule has 1 saturated carbocycles. The van der Waals surface area contributed by atoms with Gasteiger partial charge in [0.25, 0.3) is 0 Å². The number of nitrogen functional groups attached to an aromatic ring is 1. The van der Waals surface area contributed by atoms with Crippen molar-refractivity contribution in [2.45, 2.75) is 12.8 Å². The van der Waals surface area contributed by atoms with Gasteiger partial charge in [0, 0.05) is 30.4 Å². The number of rotatable bonds is 6. The number of hydrogen-bond acceptors (Lipinski definition) is 5. The lowest BCUT2D eigenvalue weighted by Gasteiger charge is -2.10. The van der Waals surface area contributed by atoms with Crippen LogP contribution in [0.15, 0.2) is 18.2 Å². The average Bonchev–Trinajstić information content (AvgIpc) is 3.28. The summed E-state index contributed by atoms with van der Waals surface area (Å²) in [6.45, 7) is 1.14. The van der Waals surface area contributed by atoms with Gasteiger partial charge in [0.1, 0.15) is 0 Å². The lowest BCUT2D eigenvalue weighted by atomic mass is 10.1. The van der Waals surface area contributed by atoms with E-state index in [0.29, 0.717) is 24.3 Å². The Kier molecular flexibility index (Phi) is 4.45. The van der Waals surface area contributed by atoms with Crippen LogP contribution in [-0.2, 0) is 9.53 Å². The molecule has 2 rings (SSSR count). The summed E-state index contributed by atoms with van der Waals surface area (Å²) in [4.78, 5) is 22.9. The molecule has 0 bridgehead atoms. The zero-order valence-electron chi connectivity index (χ0n) is 11.4. The number of benzene rings is 1. The molecule has 1 aliphatic rings. The second kappa shape index (κ2) is 6.27. The number of ether oxygens (including phenoxy) is 1.